The Kier molecular flexibility index (Phi) is 6.71. The number of phenols is 1. The highest BCUT2D eigenvalue weighted by Crippen LogP contribution is 2.36. The third kappa shape index (κ3) is 5.30. The highest BCUT2D eigenvalue weighted by Gasteiger charge is 2.13. The van der Waals surface area contributed by atoms with Crippen molar-refractivity contribution in [3.8, 4) is 11.8 Å². The van der Waals surface area contributed by atoms with Gasteiger partial charge in [0.25, 0.3) is 0 Å². The fraction of sp³-hybridized carbons (Fsp3) is 0.120. The summed E-state index contributed by atoms with van der Waals surface area (Å²) in [6.45, 7) is 8.57. The first-order valence-electron chi connectivity index (χ1n) is 9.74. The Bertz CT molecular complexity index is 1200. The van der Waals surface area contributed by atoms with Crippen LogP contribution in [0.2, 0.25) is 0 Å². The van der Waals surface area contributed by atoms with Crippen LogP contribution in [0.4, 0.5) is 17.1 Å². The van der Waals surface area contributed by atoms with Crippen molar-refractivity contribution in [2.75, 3.05) is 31.3 Å². The molecule has 0 aliphatic carbocycles. The Hall–Kier alpha value is -4.08. The molecule has 0 amide bonds. The van der Waals surface area contributed by atoms with Gasteiger partial charge in [0, 0.05) is 35.6 Å². The zero-order valence-corrected chi connectivity index (χ0v) is 17.7. The van der Waals surface area contributed by atoms with Crippen LogP contribution in [0, 0.1) is 11.3 Å². The molecule has 0 saturated heterocycles. The summed E-state index contributed by atoms with van der Waals surface area (Å²) in [6.07, 6.45) is 7.09. The monoisotopic (exact) mass is 411 g/mol. The second-order valence-electron chi connectivity index (χ2n) is 7.31. The number of fused-ring (bicyclic) bond motifs is 1. The second kappa shape index (κ2) is 9.61. The van der Waals surface area contributed by atoms with E-state index < -0.39 is 0 Å². The maximum atomic E-state index is 10.5. The Morgan fingerprint density at radius 3 is 2.81 bits per heavy atom. The van der Waals surface area contributed by atoms with Crippen molar-refractivity contribution < 1.29 is 5.11 Å². The number of aromatic hydroxyl groups is 1. The summed E-state index contributed by atoms with van der Waals surface area (Å²) in [7, 11) is 3.96. The molecule has 3 rings (SSSR count). The molecule has 2 aromatic carbocycles. The number of aromatic nitrogens is 1. The van der Waals surface area contributed by atoms with E-state index >= 15 is 0 Å². The molecular weight excluding hydrogens is 386 g/mol. The van der Waals surface area contributed by atoms with Gasteiger partial charge < -0.3 is 20.6 Å². The predicted octanol–water partition coefficient (Wildman–Crippen LogP) is 5.24. The molecule has 156 valence electrons. The van der Waals surface area contributed by atoms with Crippen molar-refractivity contribution >= 4 is 34.0 Å². The zero-order chi connectivity index (χ0) is 22.4. The van der Waals surface area contributed by atoms with Gasteiger partial charge in [0.2, 0.25) is 0 Å². The number of benzene rings is 2. The lowest BCUT2D eigenvalue weighted by atomic mass is 10.1. The van der Waals surface area contributed by atoms with Gasteiger partial charge >= 0.3 is 0 Å². The quantitative estimate of drug-likeness (QED) is 0.347. The molecule has 0 fully saturated rings. The topological polar surface area (TPSA) is 84.2 Å². The van der Waals surface area contributed by atoms with Gasteiger partial charge in [-0.15, -0.1) is 0 Å². The molecule has 1 heterocycles. The lowest BCUT2D eigenvalue weighted by Crippen LogP contribution is -2.10. The smallest absolute Gasteiger partial charge is 0.141 e. The zero-order valence-electron chi connectivity index (χ0n) is 17.7. The first-order valence-corrected chi connectivity index (χ1v) is 9.74. The fourth-order valence-electron chi connectivity index (χ4n) is 3.06. The predicted molar refractivity (Wildman–Crippen MR) is 128 cm³/mol. The van der Waals surface area contributed by atoms with Gasteiger partial charge in [-0.1, -0.05) is 37.4 Å². The summed E-state index contributed by atoms with van der Waals surface area (Å²) in [4.78, 5) is 6.36. The van der Waals surface area contributed by atoms with Crippen LogP contribution in [-0.2, 0) is 0 Å². The third-order valence-electron chi connectivity index (χ3n) is 4.58. The van der Waals surface area contributed by atoms with E-state index in [0.717, 1.165) is 17.8 Å². The number of phenolic OH excluding ortho intramolecular Hbond substituents is 1. The standard InChI is InChI=1S/C25H25N5O/c1-5-18-9-6-10-20(12-18)29-25-19(15-26)16-27-22-14-24(31)23(13-21(22)25)28-17(2)8-7-11-30(3)4/h5-10,12-14,16,28,31H,1-2,11H2,3-4H3,(H,27,29)/b8-7+. The summed E-state index contributed by atoms with van der Waals surface area (Å²) < 4.78 is 0. The van der Waals surface area contributed by atoms with E-state index in [1.54, 1.807) is 18.2 Å². The normalized spacial score (nSPS) is 10.9. The highest BCUT2D eigenvalue weighted by atomic mass is 16.3. The van der Waals surface area contributed by atoms with Gasteiger partial charge in [-0.05, 0) is 43.9 Å². The van der Waals surface area contributed by atoms with E-state index in [2.05, 4.69) is 34.8 Å². The van der Waals surface area contributed by atoms with Crippen molar-refractivity contribution in [2.45, 2.75) is 0 Å². The van der Waals surface area contributed by atoms with Crippen LogP contribution in [0.3, 0.4) is 0 Å². The van der Waals surface area contributed by atoms with Gasteiger partial charge in [0.15, 0.2) is 0 Å². The number of pyridine rings is 1. The Balaban J connectivity index is 2.01. The molecule has 6 nitrogen and oxygen atoms in total. The number of nitrogens with zero attached hydrogens (tertiary/aromatic N) is 3. The van der Waals surface area contributed by atoms with E-state index in [1.807, 2.05) is 55.4 Å². The minimum absolute atomic E-state index is 0.0477. The number of anilines is 3. The maximum Gasteiger partial charge on any atom is 0.141 e. The summed E-state index contributed by atoms with van der Waals surface area (Å²) >= 11 is 0. The molecule has 1 aromatic heterocycles. The molecule has 3 aromatic rings. The Morgan fingerprint density at radius 2 is 2.10 bits per heavy atom. The minimum atomic E-state index is 0.0477. The lowest BCUT2D eigenvalue weighted by Gasteiger charge is -2.15. The largest absolute Gasteiger partial charge is 0.506 e. The van der Waals surface area contributed by atoms with Crippen molar-refractivity contribution in [2.24, 2.45) is 0 Å². The van der Waals surface area contributed by atoms with Crippen molar-refractivity contribution in [1.29, 1.82) is 5.26 Å². The number of rotatable bonds is 8. The van der Waals surface area contributed by atoms with E-state index in [9.17, 15) is 10.4 Å². The first kappa shape index (κ1) is 21.6. The molecule has 31 heavy (non-hydrogen) atoms. The molecule has 0 atom stereocenters. The van der Waals surface area contributed by atoms with Crippen molar-refractivity contribution in [1.82, 2.24) is 9.88 Å². The van der Waals surface area contributed by atoms with E-state index in [0.29, 0.717) is 33.5 Å². The summed E-state index contributed by atoms with van der Waals surface area (Å²) in [5, 5.41) is 27.3. The molecule has 0 bridgehead atoms. The molecular formula is C25H25N5O. The summed E-state index contributed by atoms with van der Waals surface area (Å²) in [6, 6.07) is 13.2. The highest BCUT2D eigenvalue weighted by molar-refractivity contribution is 5.99. The van der Waals surface area contributed by atoms with Crippen LogP contribution in [0.5, 0.6) is 5.75 Å². The van der Waals surface area contributed by atoms with E-state index in [-0.39, 0.29) is 5.75 Å². The van der Waals surface area contributed by atoms with Crippen molar-refractivity contribution in [3.05, 3.63) is 84.7 Å². The number of likely N-dealkylation sites (N-methyl/N-ethyl adjacent to an activating group) is 1. The molecule has 3 N–H and O–H groups in total. The van der Waals surface area contributed by atoms with Crippen LogP contribution >= 0.6 is 0 Å². The second-order valence-corrected chi connectivity index (χ2v) is 7.31. The third-order valence-corrected chi connectivity index (χ3v) is 4.58. The molecule has 0 unspecified atom stereocenters. The molecule has 0 radical (unpaired) electrons. The van der Waals surface area contributed by atoms with Crippen LogP contribution in [0.25, 0.3) is 17.0 Å². The Labute approximate surface area is 182 Å². The van der Waals surface area contributed by atoms with E-state index in [1.165, 1.54) is 6.20 Å². The van der Waals surface area contributed by atoms with Crippen LogP contribution in [0.1, 0.15) is 11.1 Å². The van der Waals surface area contributed by atoms with Crippen LogP contribution in [0.15, 0.2) is 73.6 Å². The molecule has 6 heteroatoms. The minimum Gasteiger partial charge on any atom is -0.506 e. The SMILES string of the molecule is C=Cc1cccc(Nc2c(C#N)cnc3cc(O)c(NC(=C)/C=C/CN(C)C)cc23)c1. The number of allylic oxidation sites excluding steroid dienone is 1. The summed E-state index contributed by atoms with van der Waals surface area (Å²) in [5.74, 6) is 0.0477. The van der Waals surface area contributed by atoms with Crippen molar-refractivity contribution in [3.63, 3.8) is 0 Å². The molecule has 0 spiro atoms. The first-order chi connectivity index (χ1) is 14.9. The van der Waals surface area contributed by atoms with Crippen LogP contribution in [-0.4, -0.2) is 35.6 Å². The van der Waals surface area contributed by atoms with Gasteiger partial charge in [0.1, 0.15) is 11.8 Å². The average molecular weight is 412 g/mol. The number of hydrogen-bond donors (Lipinski definition) is 3. The van der Waals surface area contributed by atoms with Crippen LogP contribution < -0.4 is 10.6 Å². The van der Waals surface area contributed by atoms with Gasteiger partial charge in [0.05, 0.1) is 22.5 Å². The van der Waals surface area contributed by atoms with Gasteiger partial charge in [-0.25, -0.2) is 0 Å². The van der Waals surface area contributed by atoms with E-state index in [4.69, 9.17) is 0 Å². The number of hydrogen-bond acceptors (Lipinski definition) is 6. The molecule has 0 saturated carbocycles. The van der Waals surface area contributed by atoms with Gasteiger partial charge in [-0.2, -0.15) is 5.26 Å². The Morgan fingerprint density at radius 1 is 1.29 bits per heavy atom. The average Bonchev–Trinajstić information content (AvgIpc) is 2.74. The number of nitrogens with one attached hydrogen (secondary N) is 2. The molecule has 0 aliphatic heterocycles. The maximum absolute atomic E-state index is 10.5. The molecule has 0 aliphatic rings. The lowest BCUT2D eigenvalue weighted by molar-refractivity contribution is 0.456. The summed E-state index contributed by atoms with van der Waals surface area (Å²) in [5.41, 5.74) is 4.48. The fourth-order valence-corrected chi connectivity index (χ4v) is 3.06. The number of nitriles is 1. The van der Waals surface area contributed by atoms with Gasteiger partial charge in [-0.3, -0.25) is 4.98 Å².